The molecule has 0 saturated carbocycles. The maximum Gasteiger partial charge on any atom is 0.236 e. The Hall–Kier alpha value is -2.36. The Morgan fingerprint density at radius 2 is 1.19 bits per heavy atom. The molecule has 0 fully saturated rings. The van der Waals surface area contributed by atoms with Gasteiger partial charge in [-0.2, -0.15) is 0 Å². The van der Waals surface area contributed by atoms with Crippen molar-refractivity contribution in [3.05, 3.63) is 57.1 Å². The lowest BCUT2D eigenvalue weighted by atomic mass is 9.96. The van der Waals surface area contributed by atoms with Crippen molar-refractivity contribution in [2.24, 2.45) is 0 Å². The van der Waals surface area contributed by atoms with Gasteiger partial charge in [0, 0.05) is 12.4 Å². The van der Waals surface area contributed by atoms with Crippen LogP contribution in [0, 0.1) is 0 Å². The number of hydrogen-bond donors (Lipinski definition) is 2. The molecular weight excluding hydrogens is 204 g/mol. The fraction of sp³-hybridized carbons (Fsp3) is 0. The fourth-order valence-electron chi connectivity index (χ4n) is 1.88. The molecule has 0 spiro atoms. The Morgan fingerprint density at radius 1 is 0.750 bits per heavy atom. The maximum absolute atomic E-state index is 11.5. The van der Waals surface area contributed by atoms with Crippen molar-refractivity contribution in [1.82, 2.24) is 9.97 Å². The van der Waals surface area contributed by atoms with Crippen molar-refractivity contribution in [2.75, 3.05) is 0 Å². The second-order valence-electron chi connectivity index (χ2n) is 3.58. The SMILES string of the molecule is O=c1c(-c2ccc[nH]2)c(-c2ccc[nH]2)c1=O. The topological polar surface area (TPSA) is 65.7 Å². The molecule has 0 unspecified atom stereocenters. The van der Waals surface area contributed by atoms with Gasteiger partial charge in [-0.15, -0.1) is 0 Å². The van der Waals surface area contributed by atoms with Crippen LogP contribution in [0.15, 0.2) is 46.2 Å². The molecule has 0 radical (unpaired) electrons. The summed E-state index contributed by atoms with van der Waals surface area (Å²) in [6.45, 7) is 0. The zero-order valence-corrected chi connectivity index (χ0v) is 8.28. The lowest BCUT2D eigenvalue weighted by Crippen LogP contribution is -2.35. The number of aromatic amines is 2. The van der Waals surface area contributed by atoms with Gasteiger partial charge in [-0.05, 0) is 24.3 Å². The molecule has 0 saturated heterocycles. The Bertz CT molecular complexity index is 622. The molecule has 0 aliphatic heterocycles. The van der Waals surface area contributed by atoms with Gasteiger partial charge in [0.1, 0.15) is 0 Å². The summed E-state index contributed by atoms with van der Waals surface area (Å²) in [5.74, 6) is 0. The molecule has 78 valence electrons. The summed E-state index contributed by atoms with van der Waals surface area (Å²) < 4.78 is 0. The van der Waals surface area contributed by atoms with Gasteiger partial charge in [0.15, 0.2) is 0 Å². The first-order valence-electron chi connectivity index (χ1n) is 4.90. The quantitative estimate of drug-likeness (QED) is 0.628. The van der Waals surface area contributed by atoms with Gasteiger partial charge in [-0.3, -0.25) is 9.59 Å². The third-order valence-electron chi connectivity index (χ3n) is 2.64. The van der Waals surface area contributed by atoms with Gasteiger partial charge in [0.05, 0.1) is 22.5 Å². The van der Waals surface area contributed by atoms with Gasteiger partial charge in [0.25, 0.3) is 0 Å². The van der Waals surface area contributed by atoms with E-state index in [2.05, 4.69) is 9.97 Å². The summed E-state index contributed by atoms with van der Waals surface area (Å²) in [5.41, 5.74) is 1.47. The van der Waals surface area contributed by atoms with Gasteiger partial charge in [0.2, 0.25) is 10.9 Å². The van der Waals surface area contributed by atoms with E-state index >= 15 is 0 Å². The van der Waals surface area contributed by atoms with E-state index in [1.165, 1.54) is 0 Å². The zero-order valence-electron chi connectivity index (χ0n) is 8.28. The van der Waals surface area contributed by atoms with Crippen LogP contribution < -0.4 is 10.9 Å². The summed E-state index contributed by atoms with van der Waals surface area (Å²) in [7, 11) is 0. The minimum absolute atomic E-state index is 0.424. The predicted octanol–water partition coefficient (Wildman–Crippen LogP) is 1.27. The van der Waals surface area contributed by atoms with Crippen molar-refractivity contribution in [2.45, 2.75) is 0 Å². The summed E-state index contributed by atoms with van der Waals surface area (Å²) in [5, 5.41) is 0. The van der Waals surface area contributed by atoms with E-state index in [4.69, 9.17) is 0 Å². The Kier molecular flexibility index (Phi) is 1.71. The van der Waals surface area contributed by atoms with E-state index in [1.807, 2.05) is 0 Å². The monoisotopic (exact) mass is 212 g/mol. The van der Waals surface area contributed by atoms with Crippen molar-refractivity contribution >= 4 is 0 Å². The molecule has 4 heteroatoms. The van der Waals surface area contributed by atoms with Crippen LogP contribution in [-0.2, 0) is 0 Å². The van der Waals surface area contributed by atoms with Gasteiger partial charge < -0.3 is 9.97 Å². The summed E-state index contributed by atoms with van der Waals surface area (Å²) in [6, 6.07) is 7.15. The van der Waals surface area contributed by atoms with Gasteiger partial charge >= 0.3 is 0 Å². The van der Waals surface area contributed by atoms with E-state index in [0.29, 0.717) is 22.5 Å². The average molecular weight is 212 g/mol. The highest BCUT2D eigenvalue weighted by Gasteiger charge is 2.24. The summed E-state index contributed by atoms with van der Waals surface area (Å²) in [6.07, 6.45) is 3.45. The van der Waals surface area contributed by atoms with Gasteiger partial charge in [-0.1, -0.05) is 0 Å². The summed E-state index contributed by atoms with van der Waals surface area (Å²) in [4.78, 5) is 28.9. The van der Waals surface area contributed by atoms with Crippen LogP contribution in [0.1, 0.15) is 0 Å². The second-order valence-corrected chi connectivity index (χ2v) is 3.58. The minimum atomic E-state index is -0.424. The summed E-state index contributed by atoms with van der Waals surface area (Å²) >= 11 is 0. The minimum Gasteiger partial charge on any atom is -0.361 e. The van der Waals surface area contributed by atoms with Gasteiger partial charge in [-0.25, -0.2) is 0 Å². The van der Waals surface area contributed by atoms with Crippen LogP contribution >= 0.6 is 0 Å². The number of rotatable bonds is 2. The Labute approximate surface area is 90.3 Å². The molecule has 0 aliphatic carbocycles. The van der Waals surface area contributed by atoms with E-state index < -0.39 is 10.9 Å². The van der Waals surface area contributed by atoms with E-state index in [1.54, 1.807) is 36.7 Å². The highest BCUT2D eigenvalue weighted by atomic mass is 16.2. The molecule has 3 aromatic rings. The lowest BCUT2D eigenvalue weighted by molar-refractivity contribution is 1.30. The van der Waals surface area contributed by atoms with Crippen molar-refractivity contribution in [1.29, 1.82) is 0 Å². The Morgan fingerprint density at radius 3 is 1.50 bits per heavy atom. The highest BCUT2D eigenvalue weighted by Crippen LogP contribution is 2.25. The number of nitrogens with one attached hydrogen (secondary N) is 2. The molecular formula is C12H8N2O2. The van der Waals surface area contributed by atoms with Crippen molar-refractivity contribution in [3.8, 4) is 22.5 Å². The standard InChI is InChI=1S/C12H8N2O2/c15-11-9(7-3-1-5-13-7)10(12(11)16)8-4-2-6-14-8/h1-6,13-14H. The van der Waals surface area contributed by atoms with E-state index in [9.17, 15) is 9.59 Å². The second kappa shape index (κ2) is 3.06. The molecule has 4 nitrogen and oxygen atoms in total. The molecule has 0 bridgehead atoms. The van der Waals surface area contributed by atoms with Crippen LogP contribution in [0.2, 0.25) is 0 Å². The van der Waals surface area contributed by atoms with Crippen LogP contribution in [0.25, 0.3) is 22.5 Å². The Balaban J connectivity index is 2.26. The molecule has 3 rings (SSSR count). The predicted molar refractivity (Wildman–Crippen MR) is 60.9 cm³/mol. The average Bonchev–Trinajstić information content (AvgIpc) is 2.96. The fourth-order valence-corrected chi connectivity index (χ4v) is 1.88. The number of hydrogen-bond acceptors (Lipinski definition) is 2. The van der Waals surface area contributed by atoms with Crippen LogP contribution in [0.5, 0.6) is 0 Å². The zero-order chi connectivity index (χ0) is 11.1. The molecule has 1 aromatic carbocycles. The third-order valence-corrected chi connectivity index (χ3v) is 2.64. The van der Waals surface area contributed by atoms with E-state index in [-0.39, 0.29) is 0 Å². The van der Waals surface area contributed by atoms with Crippen LogP contribution in [0.3, 0.4) is 0 Å². The van der Waals surface area contributed by atoms with Crippen LogP contribution in [0.4, 0.5) is 0 Å². The molecule has 0 amide bonds. The third kappa shape index (κ3) is 1.04. The molecule has 2 heterocycles. The molecule has 0 aliphatic rings. The molecule has 2 N–H and O–H groups in total. The smallest absolute Gasteiger partial charge is 0.236 e. The largest absolute Gasteiger partial charge is 0.361 e. The van der Waals surface area contributed by atoms with Crippen molar-refractivity contribution < 1.29 is 0 Å². The lowest BCUT2D eigenvalue weighted by Gasteiger charge is -2.07. The first kappa shape index (κ1) is 8.91. The maximum atomic E-state index is 11.5. The number of H-pyrrole nitrogens is 2. The molecule has 0 atom stereocenters. The first-order chi connectivity index (χ1) is 7.79. The molecule has 2 aromatic heterocycles. The molecule has 16 heavy (non-hydrogen) atoms. The number of aromatic nitrogens is 2. The normalized spacial score (nSPS) is 11.0. The highest BCUT2D eigenvalue weighted by molar-refractivity contribution is 5.84. The van der Waals surface area contributed by atoms with E-state index in [0.717, 1.165) is 0 Å². The van der Waals surface area contributed by atoms with Crippen molar-refractivity contribution in [3.63, 3.8) is 0 Å². The van der Waals surface area contributed by atoms with Crippen LogP contribution in [-0.4, -0.2) is 9.97 Å². The first-order valence-corrected chi connectivity index (χ1v) is 4.90.